The third kappa shape index (κ3) is 4.89. The number of methoxy groups -OCH3 is 1. The Balaban J connectivity index is 1.95. The van der Waals surface area contributed by atoms with Crippen molar-refractivity contribution in [2.75, 3.05) is 20.2 Å². The summed E-state index contributed by atoms with van der Waals surface area (Å²) in [6.07, 6.45) is 4.08. The average molecular weight is 445 g/mol. The van der Waals surface area contributed by atoms with E-state index in [9.17, 15) is 9.59 Å². The van der Waals surface area contributed by atoms with Crippen molar-refractivity contribution < 1.29 is 19.2 Å². The lowest BCUT2D eigenvalue weighted by molar-refractivity contribution is -0.920. The number of quaternary nitrogens is 1. The number of rotatable bonds is 7. The molecule has 1 N–H and O–H groups in total. The molecule has 0 saturated carbocycles. The summed E-state index contributed by atoms with van der Waals surface area (Å²) in [5.74, 6) is 0.903. The van der Waals surface area contributed by atoms with E-state index in [0.29, 0.717) is 12.0 Å². The van der Waals surface area contributed by atoms with Crippen LogP contribution in [0.3, 0.4) is 0 Å². The van der Waals surface area contributed by atoms with Gasteiger partial charge in [-0.2, -0.15) is 0 Å². The van der Waals surface area contributed by atoms with Crippen molar-refractivity contribution in [1.29, 1.82) is 0 Å². The molecule has 1 saturated heterocycles. The first-order valence-electron chi connectivity index (χ1n) is 9.82. The van der Waals surface area contributed by atoms with E-state index in [-0.39, 0.29) is 17.6 Å². The van der Waals surface area contributed by atoms with Crippen LogP contribution in [0.5, 0.6) is 5.75 Å². The molecule has 0 unspecified atom stereocenters. The Labute approximate surface area is 175 Å². The number of hydrogen-bond acceptors (Lipinski definition) is 3. The summed E-state index contributed by atoms with van der Waals surface area (Å²) < 4.78 is 6.49. The van der Waals surface area contributed by atoms with Gasteiger partial charge in [-0.25, -0.2) is 0 Å². The molecule has 2 aromatic rings. The number of Topliss-reactive ketones (excluding diaryl/α,β-unsaturated/α-hetero) is 2. The second-order valence-corrected chi connectivity index (χ2v) is 8.35. The molecule has 1 aliphatic heterocycles. The van der Waals surface area contributed by atoms with Gasteiger partial charge >= 0.3 is 0 Å². The van der Waals surface area contributed by atoms with Crippen molar-refractivity contribution in [2.24, 2.45) is 0 Å². The maximum absolute atomic E-state index is 13.4. The maximum atomic E-state index is 13.4. The minimum absolute atomic E-state index is 0.0185. The summed E-state index contributed by atoms with van der Waals surface area (Å²) in [4.78, 5) is 26.6. The molecule has 1 atom stereocenters. The summed E-state index contributed by atoms with van der Waals surface area (Å²) >= 11 is 3.44. The van der Waals surface area contributed by atoms with Gasteiger partial charge in [0, 0.05) is 27.6 Å². The van der Waals surface area contributed by atoms with Crippen LogP contribution < -0.4 is 9.64 Å². The largest absolute Gasteiger partial charge is 0.496 e. The molecule has 0 aliphatic carbocycles. The van der Waals surface area contributed by atoms with Gasteiger partial charge in [-0.1, -0.05) is 28.1 Å². The van der Waals surface area contributed by atoms with Crippen LogP contribution in [0.15, 0.2) is 46.9 Å². The highest BCUT2D eigenvalue weighted by molar-refractivity contribution is 9.10. The van der Waals surface area contributed by atoms with Crippen LogP contribution in [0.2, 0.25) is 0 Å². The number of nitrogens with one attached hydrogen (secondary N) is 1. The third-order valence-electron chi connectivity index (χ3n) is 5.54. The number of ketones is 2. The van der Waals surface area contributed by atoms with Crippen LogP contribution in [0, 0.1) is 0 Å². The Bertz CT molecular complexity index is 841. The number of hydrogen-bond donors (Lipinski definition) is 1. The Hall–Kier alpha value is -1.98. The zero-order valence-electron chi connectivity index (χ0n) is 16.5. The Kier molecular flexibility index (Phi) is 7.03. The second kappa shape index (κ2) is 9.48. The van der Waals surface area contributed by atoms with Crippen molar-refractivity contribution in [3.05, 3.63) is 63.6 Å². The van der Waals surface area contributed by atoms with Crippen LogP contribution in [0.1, 0.15) is 52.5 Å². The fourth-order valence-corrected chi connectivity index (χ4v) is 4.23. The highest BCUT2D eigenvalue weighted by atomic mass is 79.9. The zero-order valence-corrected chi connectivity index (χ0v) is 18.1. The van der Waals surface area contributed by atoms with Crippen LogP contribution >= 0.6 is 15.9 Å². The summed E-state index contributed by atoms with van der Waals surface area (Å²) in [6, 6.07) is 12.9. The summed E-state index contributed by atoms with van der Waals surface area (Å²) in [5.41, 5.74) is 2.30. The zero-order chi connectivity index (χ0) is 20.1. The topological polar surface area (TPSA) is 47.8 Å². The van der Waals surface area contributed by atoms with E-state index in [1.807, 2.05) is 36.4 Å². The number of benzene rings is 2. The first-order valence-corrected chi connectivity index (χ1v) is 10.6. The fraction of sp³-hybridized carbons (Fsp3) is 0.391. The summed E-state index contributed by atoms with van der Waals surface area (Å²) in [7, 11) is 1.63. The molecule has 1 heterocycles. The van der Waals surface area contributed by atoms with Gasteiger partial charge in [0.2, 0.25) is 5.78 Å². The molecule has 3 rings (SSSR count). The number of ether oxygens (including phenoxy) is 1. The van der Waals surface area contributed by atoms with Crippen LogP contribution in [-0.2, 0) is 6.42 Å². The molecule has 1 aliphatic rings. The third-order valence-corrected chi connectivity index (χ3v) is 6.07. The predicted octanol–water partition coefficient (Wildman–Crippen LogP) is 3.52. The van der Waals surface area contributed by atoms with Crippen LogP contribution in [0.25, 0.3) is 0 Å². The molecule has 2 aromatic carbocycles. The van der Waals surface area contributed by atoms with Gasteiger partial charge in [-0.15, -0.1) is 0 Å². The molecule has 1 fully saturated rings. The van der Waals surface area contributed by atoms with Gasteiger partial charge in [-0.05, 0) is 56.5 Å². The summed E-state index contributed by atoms with van der Waals surface area (Å²) in [6.45, 7) is 3.56. The van der Waals surface area contributed by atoms with E-state index < -0.39 is 0 Å². The van der Waals surface area contributed by atoms with E-state index >= 15 is 0 Å². The lowest BCUT2D eigenvalue weighted by Gasteiger charge is -2.31. The average Bonchev–Trinajstić information content (AvgIpc) is 2.72. The predicted molar refractivity (Wildman–Crippen MR) is 114 cm³/mol. The Morgan fingerprint density at radius 1 is 1.04 bits per heavy atom. The first-order chi connectivity index (χ1) is 13.5. The molecule has 0 aromatic heterocycles. The first kappa shape index (κ1) is 20.7. The van der Waals surface area contributed by atoms with Gasteiger partial charge in [0.05, 0.1) is 20.2 Å². The van der Waals surface area contributed by atoms with Gasteiger partial charge in [0.15, 0.2) is 11.8 Å². The maximum Gasteiger partial charge on any atom is 0.220 e. The lowest BCUT2D eigenvalue weighted by atomic mass is 9.93. The molecule has 0 spiro atoms. The molecule has 0 radical (unpaired) electrons. The molecular weight excluding hydrogens is 418 g/mol. The van der Waals surface area contributed by atoms with Gasteiger partial charge in [-0.3, -0.25) is 9.59 Å². The highest BCUT2D eigenvalue weighted by Crippen LogP contribution is 2.23. The van der Waals surface area contributed by atoms with Crippen molar-refractivity contribution in [1.82, 2.24) is 0 Å². The van der Waals surface area contributed by atoms with Crippen molar-refractivity contribution in [3.63, 3.8) is 0 Å². The van der Waals surface area contributed by atoms with Crippen molar-refractivity contribution in [2.45, 2.75) is 38.6 Å². The molecule has 0 bridgehead atoms. The smallest absolute Gasteiger partial charge is 0.220 e. The number of likely N-dealkylation sites (tertiary alicyclic amines) is 1. The minimum Gasteiger partial charge on any atom is -0.496 e. The number of piperidine rings is 1. The lowest BCUT2D eigenvalue weighted by Crippen LogP contribution is -3.17. The second-order valence-electron chi connectivity index (χ2n) is 7.43. The van der Waals surface area contributed by atoms with Gasteiger partial charge in [0.25, 0.3) is 0 Å². The van der Waals surface area contributed by atoms with E-state index in [2.05, 4.69) is 15.9 Å². The molecule has 4 nitrogen and oxygen atoms in total. The summed E-state index contributed by atoms with van der Waals surface area (Å²) in [5, 5.41) is 0. The van der Waals surface area contributed by atoms with E-state index in [0.717, 1.165) is 47.3 Å². The molecule has 5 heteroatoms. The minimum atomic E-state index is -0.183. The quantitative estimate of drug-likeness (QED) is 0.664. The molecule has 0 amide bonds. The van der Waals surface area contributed by atoms with Crippen LogP contribution in [-0.4, -0.2) is 37.8 Å². The van der Waals surface area contributed by atoms with Crippen molar-refractivity contribution in [3.8, 4) is 5.75 Å². The van der Waals surface area contributed by atoms with E-state index in [1.165, 1.54) is 11.3 Å². The molecule has 28 heavy (non-hydrogen) atoms. The standard InChI is InChI=1S/C23H26BrNO3/c1-16(26)18-8-11-22(28-2)19(14-18)15-21(25-12-4-3-5-13-25)23(27)17-6-9-20(24)10-7-17/h6-11,14,21H,3-5,12-13,15H2,1-2H3/p+1/t21-/m0/s1. The number of carbonyl (C=O) groups is 2. The highest BCUT2D eigenvalue weighted by Gasteiger charge is 2.32. The molecule has 148 valence electrons. The fourth-order valence-electron chi connectivity index (χ4n) is 3.97. The monoisotopic (exact) mass is 444 g/mol. The Morgan fingerprint density at radius 3 is 2.29 bits per heavy atom. The number of halogens is 1. The Morgan fingerprint density at radius 2 is 1.68 bits per heavy atom. The van der Waals surface area contributed by atoms with Crippen LogP contribution in [0.4, 0.5) is 0 Å². The van der Waals surface area contributed by atoms with Crippen molar-refractivity contribution >= 4 is 27.5 Å². The van der Waals surface area contributed by atoms with E-state index in [1.54, 1.807) is 20.1 Å². The SMILES string of the molecule is COc1ccc(C(C)=O)cc1C[C@@H](C(=O)c1ccc(Br)cc1)[NH+]1CCCCC1. The molecular formula is C23H27BrNO3+. The van der Waals surface area contributed by atoms with E-state index in [4.69, 9.17) is 4.74 Å². The van der Waals surface area contributed by atoms with Gasteiger partial charge in [0.1, 0.15) is 5.75 Å². The number of carbonyl (C=O) groups excluding carboxylic acids is 2. The van der Waals surface area contributed by atoms with Gasteiger partial charge < -0.3 is 9.64 Å². The normalized spacial score (nSPS) is 15.8.